The Morgan fingerprint density at radius 1 is 1.29 bits per heavy atom. The van der Waals surface area contributed by atoms with E-state index in [4.69, 9.17) is 4.98 Å². The quantitative estimate of drug-likeness (QED) is 0.865. The van der Waals surface area contributed by atoms with Gasteiger partial charge in [0.1, 0.15) is 0 Å². The minimum atomic E-state index is -0.0912. The standard InChI is InChI=1S/C18H31N5O/c1-13(20-17(24)12-22(3)4)16-11-19-18(21-14(16)2)23(5)15-9-7-6-8-10-15/h11,13,15H,6-10,12H2,1-5H3,(H,20,24). The molecule has 6 heteroatoms. The molecule has 24 heavy (non-hydrogen) atoms. The average molecular weight is 333 g/mol. The van der Waals surface area contributed by atoms with Crippen LogP contribution in [0.25, 0.3) is 0 Å². The second kappa shape index (κ2) is 8.42. The summed E-state index contributed by atoms with van der Waals surface area (Å²) in [6.07, 6.45) is 8.22. The van der Waals surface area contributed by atoms with Crippen LogP contribution >= 0.6 is 0 Å². The zero-order valence-electron chi connectivity index (χ0n) is 15.7. The minimum Gasteiger partial charge on any atom is -0.348 e. The van der Waals surface area contributed by atoms with Crippen molar-refractivity contribution in [1.82, 2.24) is 20.2 Å². The molecular formula is C18H31N5O. The van der Waals surface area contributed by atoms with Crippen molar-refractivity contribution in [3.8, 4) is 0 Å². The molecule has 1 aromatic rings. The smallest absolute Gasteiger partial charge is 0.234 e. The van der Waals surface area contributed by atoms with Gasteiger partial charge in [0.05, 0.1) is 12.6 Å². The molecule has 1 heterocycles. The lowest BCUT2D eigenvalue weighted by Gasteiger charge is -2.31. The topological polar surface area (TPSA) is 61.4 Å². The normalized spacial score (nSPS) is 16.9. The minimum absolute atomic E-state index is 0.00954. The highest BCUT2D eigenvalue weighted by Crippen LogP contribution is 2.25. The number of anilines is 1. The molecule has 0 radical (unpaired) electrons. The largest absolute Gasteiger partial charge is 0.348 e. The van der Waals surface area contributed by atoms with Crippen LogP contribution in [0.2, 0.25) is 0 Å². The van der Waals surface area contributed by atoms with Gasteiger partial charge in [-0.05, 0) is 40.8 Å². The Kier molecular flexibility index (Phi) is 6.54. The molecule has 134 valence electrons. The number of nitrogens with zero attached hydrogens (tertiary/aromatic N) is 4. The van der Waals surface area contributed by atoms with Crippen LogP contribution in [-0.4, -0.2) is 54.5 Å². The Labute approximate surface area is 145 Å². The molecule has 1 N–H and O–H groups in total. The molecule has 1 fully saturated rings. The second-order valence-corrected chi connectivity index (χ2v) is 7.14. The van der Waals surface area contributed by atoms with Gasteiger partial charge in [-0.2, -0.15) is 0 Å². The van der Waals surface area contributed by atoms with Crippen LogP contribution in [-0.2, 0) is 4.79 Å². The van der Waals surface area contributed by atoms with E-state index in [0.717, 1.165) is 17.2 Å². The van der Waals surface area contributed by atoms with Crippen molar-refractivity contribution in [2.24, 2.45) is 0 Å². The van der Waals surface area contributed by atoms with Crippen molar-refractivity contribution in [2.75, 3.05) is 32.6 Å². The molecule has 1 atom stereocenters. The van der Waals surface area contributed by atoms with Crippen LogP contribution in [0.15, 0.2) is 6.20 Å². The van der Waals surface area contributed by atoms with E-state index in [-0.39, 0.29) is 11.9 Å². The maximum absolute atomic E-state index is 11.9. The van der Waals surface area contributed by atoms with E-state index in [2.05, 4.69) is 22.2 Å². The third-order valence-corrected chi connectivity index (χ3v) is 4.75. The van der Waals surface area contributed by atoms with Crippen molar-refractivity contribution >= 4 is 11.9 Å². The number of hydrogen-bond acceptors (Lipinski definition) is 5. The number of aromatic nitrogens is 2. The Morgan fingerprint density at radius 2 is 1.96 bits per heavy atom. The van der Waals surface area contributed by atoms with Gasteiger partial charge < -0.3 is 15.1 Å². The molecule has 1 amide bonds. The molecular weight excluding hydrogens is 302 g/mol. The molecule has 2 rings (SSSR count). The summed E-state index contributed by atoms with van der Waals surface area (Å²) in [5.74, 6) is 0.797. The van der Waals surface area contributed by atoms with Gasteiger partial charge in [0.2, 0.25) is 11.9 Å². The van der Waals surface area contributed by atoms with Crippen LogP contribution in [0.5, 0.6) is 0 Å². The summed E-state index contributed by atoms with van der Waals surface area (Å²) in [5, 5.41) is 3.01. The van der Waals surface area contributed by atoms with Gasteiger partial charge in [0, 0.05) is 30.5 Å². The van der Waals surface area contributed by atoms with E-state index < -0.39 is 0 Å². The lowest BCUT2D eigenvalue weighted by atomic mass is 9.95. The van der Waals surface area contributed by atoms with Gasteiger partial charge in [0.15, 0.2) is 0 Å². The van der Waals surface area contributed by atoms with Crippen molar-refractivity contribution in [2.45, 2.75) is 58.0 Å². The highest BCUT2D eigenvalue weighted by atomic mass is 16.2. The number of carbonyl (C=O) groups excluding carboxylic acids is 1. The molecule has 0 aromatic carbocycles. The summed E-state index contributed by atoms with van der Waals surface area (Å²) >= 11 is 0. The first-order valence-electron chi connectivity index (χ1n) is 8.89. The lowest BCUT2D eigenvalue weighted by molar-refractivity contribution is -0.122. The summed E-state index contributed by atoms with van der Waals surface area (Å²) in [6.45, 7) is 4.35. The van der Waals surface area contributed by atoms with E-state index in [0.29, 0.717) is 12.6 Å². The zero-order valence-corrected chi connectivity index (χ0v) is 15.7. The Balaban J connectivity index is 2.04. The van der Waals surface area contributed by atoms with Crippen LogP contribution in [0, 0.1) is 6.92 Å². The van der Waals surface area contributed by atoms with Crippen molar-refractivity contribution < 1.29 is 4.79 Å². The first-order chi connectivity index (χ1) is 11.4. The first-order valence-corrected chi connectivity index (χ1v) is 8.89. The third kappa shape index (κ3) is 4.90. The number of aryl methyl sites for hydroxylation is 1. The molecule has 0 saturated heterocycles. The summed E-state index contributed by atoms with van der Waals surface area (Å²) < 4.78 is 0. The molecule has 1 aliphatic rings. The summed E-state index contributed by atoms with van der Waals surface area (Å²) in [5.41, 5.74) is 1.91. The van der Waals surface area contributed by atoms with Crippen molar-refractivity contribution in [3.63, 3.8) is 0 Å². The highest BCUT2D eigenvalue weighted by Gasteiger charge is 2.21. The SMILES string of the molecule is Cc1nc(N(C)C2CCCCC2)ncc1C(C)NC(=O)CN(C)C. The fourth-order valence-electron chi connectivity index (χ4n) is 3.34. The Hall–Kier alpha value is -1.69. The van der Waals surface area contributed by atoms with Gasteiger partial charge in [-0.25, -0.2) is 9.97 Å². The first kappa shape index (κ1) is 18.6. The average Bonchev–Trinajstić information content (AvgIpc) is 2.53. The maximum Gasteiger partial charge on any atom is 0.234 e. The fraction of sp³-hybridized carbons (Fsp3) is 0.722. The summed E-state index contributed by atoms with van der Waals surface area (Å²) in [6, 6.07) is 0.452. The summed E-state index contributed by atoms with van der Waals surface area (Å²) in [7, 11) is 5.86. The third-order valence-electron chi connectivity index (χ3n) is 4.75. The number of rotatable bonds is 6. The number of nitrogens with one attached hydrogen (secondary N) is 1. The van der Waals surface area contributed by atoms with Crippen molar-refractivity contribution in [1.29, 1.82) is 0 Å². The van der Waals surface area contributed by atoms with E-state index in [1.54, 1.807) is 0 Å². The monoisotopic (exact) mass is 333 g/mol. The Morgan fingerprint density at radius 3 is 2.54 bits per heavy atom. The Bertz CT molecular complexity index is 554. The van der Waals surface area contributed by atoms with E-state index in [1.165, 1.54) is 32.1 Å². The van der Waals surface area contributed by atoms with Crippen LogP contribution in [0.3, 0.4) is 0 Å². The highest BCUT2D eigenvalue weighted by molar-refractivity contribution is 5.78. The van der Waals surface area contributed by atoms with Gasteiger partial charge >= 0.3 is 0 Å². The molecule has 0 bridgehead atoms. The molecule has 0 aliphatic heterocycles. The van der Waals surface area contributed by atoms with Crippen LogP contribution in [0.1, 0.15) is 56.3 Å². The maximum atomic E-state index is 11.9. The summed E-state index contributed by atoms with van der Waals surface area (Å²) in [4.78, 5) is 25.2. The molecule has 0 spiro atoms. The van der Waals surface area contributed by atoms with E-state index >= 15 is 0 Å². The van der Waals surface area contributed by atoms with Crippen molar-refractivity contribution in [3.05, 3.63) is 17.5 Å². The predicted octanol–water partition coefficient (Wildman–Crippen LogP) is 2.29. The van der Waals surface area contributed by atoms with E-state index in [9.17, 15) is 4.79 Å². The number of likely N-dealkylation sites (N-methyl/N-ethyl adjacent to an activating group) is 1. The number of amides is 1. The molecule has 1 aliphatic carbocycles. The fourth-order valence-corrected chi connectivity index (χ4v) is 3.34. The van der Waals surface area contributed by atoms with Gasteiger partial charge in [-0.15, -0.1) is 0 Å². The second-order valence-electron chi connectivity index (χ2n) is 7.14. The molecule has 6 nitrogen and oxygen atoms in total. The van der Waals surface area contributed by atoms with Crippen LogP contribution < -0.4 is 10.2 Å². The van der Waals surface area contributed by atoms with Crippen LogP contribution in [0.4, 0.5) is 5.95 Å². The predicted molar refractivity (Wildman–Crippen MR) is 97.2 cm³/mol. The molecule has 1 unspecified atom stereocenters. The molecule has 1 saturated carbocycles. The molecule has 1 aromatic heterocycles. The van der Waals surface area contributed by atoms with Gasteiger partial charge in [-0.1, -0.05) is 19.3 Å². The van der Waals surface area contributed by atoms with Gasteiger partial charge in [0.25, 0.3) is 0 Å². The van der Waals surface area contributed by atoms with Gasteiger partial charge in [-0.3, -0.25) is 4.79 Å². The zero-order chi connectivity index (χ0) is 17.7. The lowest BCUT2D eigenvalue weighted by Crippen LogP contribution is -2.36. The number of carbonyl (C=O) groups is 1. The van der Waals surface area contributed by atoms with E-state index in [1.807, 2.05) is 39.0 Å². The number of hydrogen-bond donors (Lipinski definition) is 1.